The first-order chi connectivity index (χ1) is 6.68. The highest BCUT2D eigenvalue weighted by Crippen LogP contribution is 2.23. The van der Waals surface area contributed by atoms with Crippen molar-refractivity contribution in [3.63, 3.8) is 0 Å². The van der Waals surface area contributed by atoms with Crippen LogP contribution in [0, 0.1) is 0 Å². The molecule has 0 bridgehead atoms. The number of carboxylic acid groups (broad SMARTS) is 1. The van der Waals surface area contributed by atoms with Crippen LogP contribution in [-0.2, 0) is 17.8 Å². The first kappa shape index (κ1) is 9.05. The number of rotatable bonds is 2. The van der Waals surface area contributed by atoms with Gasteiger partial charge in [-0.3, -0.25) is 4.79 Å². The van der Waals surface area contributed by atoms with Crippen molar-refractivity contribution in [1.29, 1.82) is 0 Å². The van der Waals surface area contributed by atoms with Crippen LogP contribution in [0.5, 0.6) is 0 Å². The fourth-order valence-electron chi connectivity index (χ4n) is 1.87. The van der Waals surface area contributed by atoms with Crippen LogP contribution in [0.2, 0.25) is 0 Å². The number of aryl methyl sites for hydroxylation is 1. The van der Waals surface area contributed by atoms with Crippen molar-refractivity contribution in [2.45, 2.75) is 19.4 Å². The lowest BCUT2D eigenvalue weighted by Crippen LogP contribution is -2.29. The molecule has 2 rings (SSSR count). The smallest absolute Gasteiger partial charge is 0.308 e. The minimum absolute atomic E-state index is 0.0552. The highest BCUT2D eigenvalue weighted by atomic mass is 16.4. The molecule has 76 valence electrons. The second kappa shape index (κ2) is 3.32. The number of aromatic nitrogens is 2. The van der Waals surface area contributed by atoms with Gasteiger partial charge in [0.2, 0.25) is 0 Å². The highest BCUT2D eigenvalue weighted by Gasteiger charge is 2.19. The van der Waals surface area contributed by atoms with Gasteiger partial charge in [0, 0.05) is 25.7 Å². The van der Waals surface area contributed by atoms with Gasteiger partial charge in [-0.2, -0.15) is 5.10 Å². The Morgan fingerprint density at radius 3 is 3.14 bits per heavy atom. The first-order valence-corrected chi connectivity index (χ1v) is 4.66. The summed E-state index contributed by atoms with van der Waals surface area (Å²) in [6.07, 6.45) is 2.78. The van der Waals surface area contributed by atoms with Crippen LogP contribution in [0.15, 0.2) is 6.20 Å². The van der Waals surface area contributed by atoms with E-state index in [1.54, 1.807) is 6.20 Å². The Morgan fingerprint density at radius 1 is 1.64 bits per heavy atom. The molecule has 1 N–H and O–H groups in total. The monoisotopic (exact) mass is 195 g/mol. The Balaban J connectivity index is 2.33. The fourth-order valence-corrected chi connectivity index (χ4v) is 1.87. The van der Waals surface area contributed by atoms with E-state index < -0.39 is 5.97 Å². The number of nitrogens with zero attached hydrogens (tertiary/aromatic N) is 3. The van der Waals surface area contributed by atoms with E-state index in [1.165, 1.54) is 0 Å². The third-order valence-corrected chi connectivity index (χ3v) is 2.45. The van der Waals surface area contributed by atoms with Crippen LogP contribution in [0.25, 0.3) is 0 Å². The Bertz CT molecular complexity index is 359. The molecule has 1 aromatic heterocycles. The summed E-state index contributed by atoms with van der Waals surface area (Å²) < 4.78 is 1.88. The molecule has 0 saturated heterocycles. The van der Waals surface area contributed by atoms with Crippen LogP contribution in [0.3, 0.4) is 0 Å². The summed E-state index contributed by atoms with van der Waals surface area (Å²) in [7, 11) is 1.97. The van der Waals surface area contributed by atoms with Gasteiger partial charge in [-0.15, -0.1) is 0 Å². The number of anilines is 1. The Morgan fingerprint density at radius 2 is 2.43 bits per heavy atom. The van der Waals surface area contributed by atoms with Crippen LogP contribution >= 0.6 is 0 Å². The van der Waals surface area contributed by atoms with Crippen molar-refractivity contribution < 1.29 is 9.90 Å². The Labute approximate surface area is 81.9 Å². The molecule has 0 unspecified atom stereocenters. The van der Waals surface area contributed by atoms with Gasteiger partial charge in [0.05, 0.1) is 12.6 Å². The maximum atomic E-state index is 10.6. The molecular weight excluding hydrogens is 182 g/mol. The number of aliphatic carboxylic acids is 1. The standard InChI is InChI=1S/C9H13N3O2/c1-11-3-2-4-12-9(11)7(6-10-12)5-8(13)14/h6H,2-5H2,1H3,(H,13,14). The van der Waals surface area contributed by atoms with Gasteiger partial charge in [0.25, 0.3) is 0 Å². The van der Waals surface area contributed by atoms with Gasteiger partial charge in [0.15, 0.2) is 0 Å². The van der Waals surface area contributed by atoms with E-state index in [-0.39, 0.29) is 6.42 Å². The highest BCUT2D eigenvalue weighted by molar-refractivity contribution is 5.72. The van der Waals surface area contributed by atoms with Crippen LogP contribution in [0.4, 0.5) is 5.82 Å². The van der Waals surface area contributed by atoms with Crippen molar-refractivity contribution in [1.82, 2.24) is 9.78 Å². The third-order valence-electron chi connectivity index (χ3n) is 2.45. The lowest BCUT2D eigenvalue weighted by atomic mass is 10.2. The zero-order valence-electron chi connectivity index (χ0n) is 8.10. The zero-order chi connectivity index (χ0) is 10.1. The van der Waals surface area contributed by atoms with E-state index in [2.05, 4.69) is 10.00 Å². The summed E-state index contributed by atoms with van der Waals surface area (Å²) in [6.45, 7) is 1.86. The van der Waals surface area contributed by atoms with Gasteiger partial charge in [-0.05, 0) is 6.42 Å². The molecule has 0 aliphatic carbocycles. The molecule has 1 aliphatic rings. The van der Waals surface area contributed by atoms with E-state index in [0.717, 1.165) is 30.9 Å². The molecule has 5 nitrogen and oxygen atoms in total. The molecule has 14 heavy (non-hydrogen) atoms. The van der Waals surface area contributed by atoms with Crippen molar-refractivity contribution >= 4 is 11.8 Å². The molecule has 2 heterocycles. The van der Waals surface area contributed by atoms with Crippen LogP contribution in [-0.4, -0.2) is 34.4 Å². The molecule has 0 spiro atoms. The van der Waals surface area contributed by atoms with E-state index >= 15 is 0 Å². The van der Waals surface area contributed by atoms with E-state index in [4.69, 9.17) is 5.11 Å². The summed E-state index contributed by atoms with van der Waals surface area (Å²) in [5.74, 6) is 0.151. The largest absolute Gasteiger partial charge is 0.481 e. The molecule has 0 saturated carbocycles. The summed E-state index contributed by atoms with van der Waals surface area (Å²) in [6, 6.07) is 0. The van der Waals surface area contributed by atoms with E-state index in [9.17, 15) is 4.79 Å². The maximum absolute atomic E-state index is 10.6. The van der Waals surface area contributed by atoms with E-state index in [0.29, 0.717) is 0 Å². The lowest BCUT2D eigenvalue weighted by molar-refractivity contribution is -0.136. The van der Waals surface area contributed by atoms with E-state index in [1.807, 2.05) is 11.7 Å². The van der Waals surface area contributed by atoms with Gasteiger partial charge >= 0.3 is 5.97 Å². The second-order valence-corrected chi connectivity index (χ2v) is 3.56. The summed E-state index contributed by atoms with van der Waals surface area (Å²) in [4.78, 5) is 12.7. The predicted molar refractivity (Wildman–Crippen MR) is 51.5 cm³/mol. The average Bonchev–Trinajstić information content (AvgIpc) is 2.49. The molecule has 0 fully saturated rings. The van der Waals surface area contributed by atoms with Gasteiger partial charge in [-0.25, -0.2) is 4.68 Å². The van der Waals surface area contributed by atoms with Crippen molar-refractivity contribution in [2.24, 2.45) is 0 Å². The molecular formula is C9H13N3O2. The average molecular weight is 195 g/mol. The number of carbonyl (C=O) groups is 1. The summed E-state index contributed by atoms with van der Waals surface area (Å²) in [5, 5.41) is 12.9. The predicted octanol–water partition coefficient (Wildman–Crippen LogP) is 0.350. The Kier molecular flexibility index (Phi) is 2.15. The quantitative estimate of drug-likeness (QED) is 0.739. The minimum Gasteiger partial charge on any atom is -0.481 e. The Hall–Kier alpha value is -1.52. The van der Waals surface area contributed by atoms with Crippen molar-refractivity contribution in [2.75, 3.05) is 18.5 Å². The minimum atomic E-state index is -0.806. The number of hydrogen-bond donors (Lipinski definition) is 1. The number of hydrogen-bond acceptors (Lipinski definition) is 3. The molecule has 1 aromatic rings. The number of carboxylic acids is 1. The van der Waals surface area contributed by atoms with Crippen LogP contribution < -0.4 is 4.90 Å². The fraction of sp³-hybridized carbons (Fsp3) is 0.556. The first-order valence-electron chi connectivity index (χ1n) is 4.66. The molecule has 5 heteroatoms. The van der Waals surface area contributed by atoms with Crippen molar-refractivity contribution in [3.8, 4) is 0 Å². The molecule has 0 aromatic carbocycles. The summed E-state index contributed by atoms with van der Waals surface area (Å²) >= 11 is 0. The number of fused-ring (bicyclic) bond motifs is 1. The topological polar surface area (TPSA) is 58.4 Å². The molecule has 0 radical (unpaired) electrons. The SMILES string of the molecule is CN1CCCn2ncc(CC(=O)O)c21. The molecule has 0 amide bonds. The van der Waals surface area contributed by atoms with Gasteiger partial charge in [0.1, 0.15) is 5.82 Å². The van der Waals surface area contributed by atoms with Gasteiger partial charge in [-0.1, -0.05) is 0 Å². The molecule has 1 aliphatic heterocycles. The molecule has 0 atom stereocenters. The normalized spacial score (nSPS) is 15.4. The third kappa shape index (κ3) is 1.45. The summed E-state index contributed by atoms with van der Waals surface area (Å²) in [5.41, 5.74) is 0.805. The van der Waals surface area contributed by atoms with Crippen molar-refractivity contribution in [3.05, 3.63) is 11.8 Å². The second-order valence-electron chi connectivity index (χ2n) is 3.56. The maximum Gasteiger partial charge on any atom is 0.308 e. The van der Waals surface area contributed by atoms with Gasteiger partial charge < -0.3 is 10.0 Å². The lowest BCUT2D eigenvalue weighted by Gasteiger charge is -2.26. The zero-order valence-corrected chi connectivity index (χ0v) is 8.10. The van der Waals surface area contributed by atoms with Crippen LogP contribution in [0.1, 0.15) is 12.0 Å².